The minimum atomic E-state index is 0. The molecule has 0 fully saturated rings. The molecule has 1 nitrogen and oxygen atoms in total. The van der Waals surface area contributed by atoms with Crippen LogP contribution in [0.1, 0.15) is 0 Å². The molecule has 0 bridgehead atoms. The van der Waals surface area contributed by atoms with Gasteiger partial charge in [0.05, 0.1) is 0 Å². The van der Waals surface area contributed by atoms with E-state index in [4.69, 9.17) is 1.49 Å². The second-order valence-corrected chi connectivity index (χ2v) is 0. The van der Waals surface area contributed by atoms with Crippen LogP contribution in [-0.2, 0) is 1.49 Å². The van der Waals surface area contributed by atoms with Crippen molar-refractivity contribution >= 4 is 0 Å². The zero-order valence-corrected chi connectivity index (χ0v) is 6.67. The Bertz CT molecular complexity index is 8.00. The van der Waals surface area contributed by atoms with Crippen molar-refractivity contribution in [3.63, 3.8) is 0 Å². The monoisotopic (exact) mass is 344 g/mol. The molecule has 0 N–H and O–H groups in total. The van der Waals surface area contributed by atoms with Crippen molar-refractivity contribution in [3.8, 4) is 0 Å². The quantitative estimate of drug-likeness (QED) is 0.604. The Kier molecular flexibility index (Phi) is 74.7. The van der Waals surface area contributed by atoms with E-state index in [2.05, 4.69) is 0 Å². The summed E-state index contributed by atoms with van der Waals surface area (Å²) in [5.74, 6) is 0. The SMILES string of the molecule is F.[Nd].[O]=[Er]. The molecule has 4 heteroatoms. The third kappa shape index (κ3) is 8.84. The first-order chi connectivity index (χ1) is 1.00. The third-order valence-electron chi connectivity index (χ3n) is 0. The molecular formula is HErFNdO. The normalized spacial score (nSPS) is 1.50. The van der Waals surface area contributed by atoms with E-state index in [0.717, 1.165) is 0 Å². The summed E-state index contributed by atoms with van der Waals surface area (Å²) in [4.78, 5) is 0. The molecule has 0 aromatic carbocycles. The Balaban J connectivity index is -0.00000000500. The topological polar surface area (TPSA) is 17.1 Å². The summed E-state index contributed by atoms with van der Waals surface area (Å²) in [6, 6.07) is 0. The Labute approximate surface area is 80.5 Å². The molecule has 0 heterocycles. The van der Waals surface area contributed by atoms with Gasteiger partial charge in [0.15, 0.2) is 0 Å². The van der Waals surface area contributed by atoms with Gasteiger partial charge in [-0.25, -0.2) is 0 Å². The second kappa shape index (κ2) is 18.4. The van der Waals surface area contributed by atoms with Crippen molar-refractivity contribution in [2.45, 2.75) is 0 Å². The molecule has 0 aliphatic heterocycles. The van der Waals surface area contributed by atoms with E-state index >= 15 is 0 Å². The van der Waals surface area contributed by atoms with Gasteiger partial charge >= 0.3 is 36.9 Å². The van der Waals surface area contributed by atoms with Crippen molar-refractivity contribution in [2.24, 2.45) is 0 Å². The molecule has 0 spiro atoms. The molecule has 0 aromatic rings. The summed E-state index contributed by atoms with van der Waals surface area (Å²) in [5.41, 5.74) is 0. The van der Waals surface area contributed by atoms with Gasteiger partial charge in [0.1, 0.15) is 0 Å². The second-order valence-electron chi connectivity index (χ2n) is 0. The van der Waals surface area contributed by atoms with E-state index < -0.39 is 0 Å². The predicted molar refractivity (Wildman–Crippen MR) is 3.19 cm³/mol. The molecule has 0 aromatic heterocycles. The Hall–Kier alpha value is 2.33. The van der Waals surface area contributed by atoms with E-state index in [1.54, 1.807) is 0 Å². The van der Waals surface area contributed by atoms with Crippen LogP contribution < -0.4 is 0 Å². The number of halogens is 1. The van der Waals surface area contributed by atoms with Gasteiger partial charge in [0, 0.05) is 40.8 Å². The Morgan fingerprint density at radius 3 is 1.25 bits per heavy atom. The summed E-state index contributed by atoms with van der Waals surface area (Å²) >= 11 is 1.17. The first-order valence-corrected chi connectivity index (χ1v) is 0.874. The number of hydrogen-bond acceptors (Lipinski definition) is 1. The molecule has 0 atom stereocenters. The molecule has 0 saturated carbocycles. The molecule has 0 aliphatic rings. The van der Waals surface area contributed by atoms with Gasteiger partial charge < -0.3 is 0 Å². The molecular weight excluding hydrogens is 346 g/mol. The average molecular weight is 348 g/mol. The summed E-state index contributed by atoms with van der Waals surface area (Å²) < 4.78 is 8.17. The first kappa shape index (κ1) is 16.2. The van der Waals surface area contributed by atoms with Crippen LogP contribution >= 0.6 is 0 Å². The summed E-state index contributed by atoms with van der Waals surface area (Å²) in [6.07, 6.45) is 0. The molecule has 0 aliphatic carbocycles. The van der Waals surface area contributed by atoms with Crippen molar-refractivity contribution in [1.82, 2.24) is 0 Å². The first-order valence-electron chi connectivity index (χ1n) is 0.118. The van der Waals surface area contributed by atoms with Crippen molar-refractivity contribution in [1.29, 1.82) is 0 Å². The standard InChI is InChI=1S/Er.FH.Nd.O/h;1H;;. The van der Waals surface area contributed by atoms with Crippen LogP contribution in [0, 0.1) is 76.3 Å². The van der Waals surface area contributed by atoms with E-state index in [9.17, 15) is 0 Å². The fourth-order valence-electron chi connectivity index (χ4n) is 0. The van der Waals surface area contributed by atoms with Crippen molar-refractivity contribution < 1.29 is 82.5 Å². The Morgan fingerprint density at radius 2 is 1.25 bits per heavy atom. The van der Waals surface area contributed by atoms with Gasteiger partial charge in [0.25, 0.3) is 0 Å². The molecule has 30 valence electrons. The molecule has 4 heavy (non-hydrogen) atoms. The third-order valence-corrected chi connectivity index (χ3v) is 0. The zero-order valence-electron chi connectivity index (χ0n) is 1.61. The van der Waals surface area contributed by atoms with E-state index in [0.29, 0.717) is 0 Å². The molecule has 0 saturated heterocycles. The number of hydrogen-bond donors (Lipinski definition) is 0. The Morgan fingerprint density at radius 1 is 1.25 bits per heavy atom. The fourth-order valence-corrected chi connectivity index (χ4v) is 0. The van der Waals surface area contributed by atoms with Crippen LogP contribution in [0.2, 0.25) is 0 Å². The molecule has 0 rings (SSSR count). The molecule has 0 unspecified atom stereocenters. The van der Waals surface area contributed by atoms with Crippen LogP contribution in [0.5, 0.6) is 0 Å². The summed E-state index contributed by atoms with van der Waals surface area (Å²) in [6.45, 7) is 0. The maximum atomic E-state index is 8.17. The fraction of sp³-hybridized carbons (Fsp3) is 0. The van der Waals surface area contributed by atoms with Gasteiger partial charge in [-0.05, 0) is 0 Å². The van der Waals surface area contributed by atoms with Gasteiger partial charge in [-0.15, -0.1) is 0 Å². The van der Waals surface area contributed by atoms with Crippen LogP contribution in [0.3, 0.4) is 0 Å². The molecule has 0 amide bonds. The van der Waals surface area contributed by atoms with Crippen LogP contribution in [0.4, 0.5) is 4.70 Å². The van der Waals surface area contributed by atoms with Crippen molar-refractivity contribution in [2.75, 3.05) is 0 Å². The van der Waals surface area contributed by atoms with Crippen molar-refractivity contribution in [3.05, 3.63) is 0 Å². The zero-order chi connectivity index (χ0) is 2.00. The summed E-state index contributed by atoms with van der Waals surface area (Å²) in [5, 5.41) is 0. The predicted octanol–water partition coefficient (Wildman–Crippen LogP) is 0.0337. The van der Waals surface area contributed by atoms with E-state index in [-0.39, 0.29) is 45.5 Å². The molecule has 0 radical (unpaired) electrons. The van der Waals surface area contributed by atoms with E-state index in [1.807, 2.05) is 0 Å². The van der Waals surface area contributed by atoms with Gasteiger partial charge in [-0.2, -0.15) is 0 Å². The van der Waals surface area contributed by atoms with Crippen LogP contribution in [0.15, 0.2) is 0 Å². The van der Waals surface area contributed by atoms with Gasteiger partial charge in [-0.3, -0.25) is 4.70 Å². The van der Waals surface area contributed by atoms with Gasteiger partial charge in [-0.1, -0.05) is 0 Å². The minimum absolute atomic E-state index is 0. The van der Waals surface area contributed by atoms with Crippen LogP contribution in [-0.4, -0.2) is 0 Å². The maximum absolute atomic E-state index is 8.17. The average Bonchev–Trinajstić information content (AvgIpc) is 1.00. The van der Waals surface area contributed by atoms with Gasteiger partial charge in [0.2, 0.25) is 0 Å². The summed E-state index contributed by atoms with van der Waals surface area (Å²) in [7, 11) is 0. The van der Waals surface area contributed by atoms with Crippen LogP contribution in [0.25, 0.3) is 0 Å². The van der Waals surface area contributed by atoms with E-state index in [1.165, 1.54) is 35.5 Å². The number of rotatable bonds is 0.